The van der Waals surface area contributed by atoms with Gasteiger partial charge in [-0.2, -0.15) is 0 Å². The first-order valence-corrected chi connectivity index (χ1v) is 7.58. The maximum Gasteiger partial charge on any atom is 0.254 e. The lowest BCUT2D eigenvalue weighted by molar-refractivity contribution is 0.0948. The number of rotatable bonds is 8. The molecule has 0 aliphatic rings. The third-order valence-corrected chi connectivity index (χ3v) is 3.42. The number of carbonyl (C=O) groups is 1. The van der Waals surface area contributed by atoms with Crippen LogP contribution in [0.15, 0.2) is 36.7 Å². The van der Waals surface area contributed by atoms with Crippen molar-refractivity contribution in [2.75, 3.05) is 25.6 Å². The van der Waals surface area contributed by atoms with E-state index in [-0.39, 0.29) is 5.91 Å². The van der Waals surface area contributed by atoms with Crippen LogP contribution in [0.4, 0.5) is 5.95 Å². The summed E-state index contributed by atoms with van der Waals surface area (Å²) >= 11 is 0. The maximum absolute atomic E-state index is 11.9. The maximum atomic E-state index is 11.9. The molecule has 2 aromatic rings. The predicted octanol–water partition coefficient (Wildman–Crippen LogP) is 2.16. The summed E-state index contributed by atoms with van der Waals surface area (Å²) in [6, 6.07) is 8.14. The van der Waals surface area contributed by atoms with Gasteiger partial charge in [0.25, 0.3) is 5.91 Å². The highest BCUT2D eigenvalue weighted by molar-refractivity contribution is 5.93. The van der Waals surface area contributed by atoms with Crippen LogP contribution >= 0.6 is 0 Å². The van der Waals surface area contributed by atoms with Crippen LogP contribution in [-0.4, -0.2) is 36.1 Å². The van der Waals surface area contributed by atoms with E-state index in [1.807, 2.05) is 12.1 Å². The summed E-state index contributed by atoms with van der Waals surface area (Å²) in [5.41, 5.74) is 2.85. The van der Waals surface area contributed by atoms with E-state index in [0.717, 1.165) is 6.42 Å². The first-order chi connectivity index (χ1) is 11.2. The standard InChI is InChI=1S/C17H22N4O2/c1-13-6-3-4-7-14(13)10-19-17-20-11-15(12-21-17)16(22)18-8-5-9-23-2/h3-4,6-7,11-12H,5,8-10H2,1-2H3,(H,18,22)(H,19,20,21). The van der Waals surface area contributed by atoms with Gasteiger partial charge >= 0.3 is 0 Å². The molecule has 1 aromatic heterocycles. The molecule has 122 valence electrons. The Morgan fingerprint density at radius 3 is 2.65 bits per heavy atom. The molecule has 23 heavy (non-hydrogen) atoms. The van der Waals surface area contributed by atoms with Crippen molar-refractivity contribution in [3.63, 3.8) is 0 Å². The largest absolute Gasteiger partial charge is 0.385 e. The molecule has 0 saturated heterocycles. The first-order valence-electron chi connectivity index (χ1n) is 7.58. The Bertz CT molecular complexity index is 629. The molecule has 2 N–H and O–H groups in total. The Morgan fingerprint density at radius 2 is 1.96 bits per heavy atom. The number of benzene rings is 1. The van der Waals surface area contributed by atoms with Crippen LogP contribution in [-0.2, 0) is 11.3 Å². The minimum Gasteiger partial charge on any atom is -0.385 e. The summed E-state index contributed by atoms with van der Waals surface area (Å²) in [5, 5.41) is 5.96. The van der Waals surface area contributed by atoms with Gasteiger partial charge in [0.2, 0.25) is 5.95 Å². The zero-order chi connectivity index (χ0) is 16.5. The third-order valence-electron chi connectivity index (χ3n) is 3.42. The van der Waals surface area contributed by atoms with Gasteiger partial charge in [-0.15, -0.1) is 0 Å². The molecule has 2 rings (SSSR count). The van der Waals surface area contributed by atoms with Crippen molar-refractivity contribution in [3.8, 4) is 0 Å². The van der Waals surface area contributed by atoms with Gasteiger partial charge in [0.15, 0.2) is 0 Å². The molecule has 1 aromatic carbocycles. The van der Waals surface area contributed by atoms with Gasteiger partial charge in [0.1, 0.15) is 0 Å². The topological polar surface area (TPSA) is 76.1 Å². The smallest absolute Gasteiger partial charge is 0.254 e. The number of aromatic nitrogens is 2. The lowest BCUT2D eigenvalue weighted by Gasteiger charge is -2.08. The Morgan fingerprint density at radius 1 is 1.22 bits per heavy atom. The summed E-state index contributed by atoms with van der Waals surface area (Å²) < 4.78 is 4.93. The molecule has 0 aliphatic carbocycles. The number of amides is 1. The average molecular weight is 314 g/mol. The monoisotopic (exact) mass is 314 g/mol. The van der Waals surface area contributed by atoms with Gasteiger partial charge in [-0.3, -0.25) is 4.79 Å². The highest BCUT2D eigenvalue weighted by Crippen LogP contribution is 2.09. The van der Waals surface area contributed by atoms with Gasteiger partial charge in [-0.05, 0) is 24.5 Å². The minimum atomic E-state index is -0.174. The molecule has 0 aliphatic heterocycles. The SMILES string of the molecule is COCCCNC(=O)c1cnc(NCc2ccccc2C)nc1. The molecule has 0 fully saturated rings. The zero-order valence-corrected chi connectivity index (χ0v) is 13.5. The van der Waals surface area contributed by atoms with E-state index in [9.17, 15) is 4.79 Å². The quantitative estimate of drug-likeness (QED) is 0.730. The number of carbonyl (C=O) groups excluding carboxylic acids is 1. The predicted molar refractivity (Wildman–Crippen MR) is 89.4 cm³/mol. The Balaban J connectivity index is 1.84. The van der Waals surface area contributed by atoms with Crippen molar-refractivity contribution in [1.82, 2.24) is 15.3 Å². The number of hydrogen-bond acceptors (Lipinski definition) is 5. The first kappa shape index (κ1) is 16.9. The molecule has 0 spiro atoms. The van der Waals surface area contributed by atoms with Crippen LogP contribution in [0.25, 0.3) is 0 Å². The highest BCUT2D eigenvalue weighted by Gasteiger charge is 2.06. The van der Waals surface area contributed by atoms with Crippen molar-refractivity contribution < 1.29 is 9.53 Å². The number of ether oxygens (including phenoxy) is 1. The summed E-state index contributed by atoms with van der Waals surface area (Å²) in [7, 11) is 1.64. The van der Waals surface area contributed by atoms with Gasteiger partial charge in [-0.1, -0.05) is 24.3 Å². The van der Waals surface area contributed by atoms with E-state index < -0.39 is 0 Å². The molecule has 0 radical (unpaired) electrons. The molecule has 6 nitrogen and oxygen atoms in total. The zero-order valence-electron chi connectivity index (χ0n) is 13.5. The van der Waals surface area contributed by atoms with E-state index in [1.165, 1.54) is 23.5 Å². The summed E-state index contributed by atoms with van der Waals surface area (Å²) in [4.78, 5) is 20.3. The van der Waals surface area contributed by atoms with Crippen molar-refractivity contribution in [3.05, 3.63) is 53.3 Å². The van der Waals surface area contributed by atoms with Crippen LogP contribution in [0.1, 0.15) is 27.9 Å². The molecular weight excluding hydrogens is 292 g/mol. The number of anilines is 1. The molecular formula is C17H22N4O2. The lowest BCUT2D eigenvalue weighted by atomic mass is 10.1. The van der Waals surface area contributed by atoms with E-state index in [2.05, 4.69) is 39.7 Å². The Labute approximate surface area is 136 Å². The Hall–Kier alpha value is -2.47. The van der Waals surface area contributed by atoms with Gasteiger partial charge in [0, 0.05) is 39.2 Å². The van der Waals surface area contributed by atoms with Gasteiger partial charge in [0.05, 0.1) is 5.56 Å². The Kier molecular flexibility index (Phi) is 6.50. The number of hydrogen-bond donors (Lipinski definition) is 2. The van der Waals surface area contributed by atoms with E-state index in [0.29, 0.717) is 31.2 Å². The van der Waals surface area contributed by atoms with Crippen LogP contribution in [0.5, 0.6) is 0 Å². The normalized spacial score (nSPS) is 10.3. The number of nitrogens with one attached hydrogen (secondary N) is 2. The molecule has 1 amide bonds. The van der Waals surface area contributed by atoms with Crippen molar-refractivity contribution in [1.29, 1.82) is 0 Å². The summed E-state index contributed by atoms with van der Waals surface area (Å²) in [6.45, 7) is 3.91. The summed E-state index contributed by atoms with van der Waals surface area (Å²) in [5.74, 6) is 0.329. The second kappa shape index (κ2) is 8.85. The van der Waals surface area contributed by atoms with Crippen molar-refractivity contribution in [2.45, 2.75) is 19.9 Å². The van der Waals surface area contributed by atoms with Gasteiger partial charge < -0.3 is 15.4 Å². The highest BCUT2D eigenvalue weighted by atomic mass is 16.5. The molecule has 0 unspecified atom stereocenters. The molecule has 0 saturated carbocycles. The van der Waals surface area contributed by atoms with E-state index in [1.54, 1.807) is 7.11 Å². The minimum absolute atomic E-state index is 0.174. The van der Waals surface area contributed by atoms with Crippen molar-refractivity contribution >= 4 is 11.9 Å². The molecule has 0 bridgehead atoms. The second-order valence-electron chi connectivity index (χ2n) is 5.18. The van der Waals surface area contributed by atoms with Crippen LogP contribution in [0, 0.1) is 6.92 Å². The fourth-order valence-electron chi connectivity index (χ4n) is 2.04. The number of nitrogens with zero attached hydrogens (tertiary/aromatic N) is 2. The molecule has 6 heteroatoms. The van der Waals surface area contributed by atoms with E-state index in [4.69, 9.17) is 4.74 Å². The molecule has 0 atom stereocenters. The fraction of sp³-hybridized carbons (Fsp3) is 0.353. The second-order valence-corrected chi connectivity index (χ2v) is 5.18. The summed E-state index contributed by atoms with van der Waals surface area (Å²) in [6.07, 6.45) is 3.83. The van der Waals surface area contributed by atoms with Crippen LogP contribution in [0.2, 0.25) is 0 Å². The molecule has 1 heterocycles. The third kappa shape index (κ3) is 5.34. The fourth-order valence-corrected chi connectivity index (χ4v) is 2.04. The average Bonchev–Trinajstić information content (AvgIpc) is 2.58. The van der Waals surface area contributed by atoms with E-state index >= 15 is 0 Å². The lowest BCUT2D eigenvalue weighted by Crippen LogP contribution is -2.25. The number of methoxy groups -OCH3 is 1. The van der Waals surface area contributed by atoms with Crippen LogP contribution in [0.3, 0.4) is 0 Å². The van der Waals surface area contributed by atoms with Crippen molar-refractivity contribution in [2.24, 2.45) is 0 Å². The number of aryl methyl sites for hydroxylation is 1. The van der Waals surface area contributed by atoms with Gasteiger partial charge in [-0.25, -0.2) is 9.97 Å². The van der Waals surface area contributed by atoms with Crippen LogP contribution < -0.4 is 10.6 Å².